The average molecular weight is 287 g/mol. The molecular weight excluding hydrogens is 269 g/mol. The van der Waals surface area contributed by atoms with Crippen LogP contribution in [0.3, 0.4) is 0 Å². The molecule has 2 aromatic carbocycles. The monoisotopic (exact) mass is 287 g/mol. The van der Waals surface area contributed by atoms with Crippen LogP contribution in [0, 0.1) is 12.7 Å². The van der Waals surface area contributed by atoms with E-state index in [-0.39, 0.29) is 17.8 Å². The highest BCUT2D eigenvalue weighted by atomic mass is 19.1. The molecule has 0 bridgehead atoms. The Morgan fingerprint density at radius 1 is 1.24 bits per heavy atom. The Bertz CT molecular complexity index is 655. The molecule has 0 aliphatic rings. The fourth-order valence-electron chi connectivity index (χ4n) is 2.26. The standard InChI is InChI=1S/C17H18FNO2/c1-11-10-13(18)8-9-14(11)17(20)19-12(2)15-6-4-5-7-16(15)21-3/h4-10,12H,1-3H3,(H,19,20). The number of amides is 1. The molecule has 4 heteroatoms. The van der Waals surface area contributed by atoms with Gasteiger partial charge in [0, 0.05) is 11.1 Å². The fraction of sp³-hybridized carbons (Fsp3) is 0.235. The molecule has 0 radical (unpaired) electrons. The van der Waals surface area contributed by atoms with Gasteiger partial charge in [-0.15, -0.1) is 0 Å². The molecule has 1 unspecified atom stereocenters. The van der Waals surface area contributed by atoms with E-state index in [4.69, 9.17) is 4.74 Å². The van der Waals surface area contributed by atoms with Crippen LogP contribution in [-0.4, -0.2) is 13.0 Å². The van der Waals surface area contributed by atoms with Crippen molar-refractivity contribution in [1.29, 1.82) is 0 Å². The maximum Gasteiger partial charge on any atom is 0.252 e. The summed E-state index contributed by atoms with van der Waals surface area (Å²) in [5.74, 6) is 0.147. The highest BCUT2D eigenvalue weighted by Crippen LogP contribution is 2.24. The Balaban J connectivity index is 2.19. The molecule has 0 spiro atoms. The molecule has 110 valence electrons. The van der Waals surface area contributed by atoms with Crippen molar-refractivity contribution in [2.75, 3.05) is 7.11 Å². The van der Waals surface area contributed by atoms with E-state index in [0.29, 0.717) is 11.1 Å². The summed E-state index contributed by atoms with van der Waals surface area (Å²) in [5.41, 5.74) is 1.98. The second kappa shape index (κ2) is 6.39. The Morgan fingerprint density at radius 3 is 2.62 bits per heavy atom. The van der Waals surface area contributed by atoms with Crippen LogP contribution in [0.25, 0.3) is 0 Å². The van der Waals surface area contributed by atoms with Gasteiger partial charge in [-0.2, -0.15) is 0 Å². The minimum Gasteiger partial charge on any atom is -0.496 e. The van der Waals surface area contributed by atoms with Crippen LogP contribution in [-0.2, 0) is 0 Å². The highest BCUT2D eigenvalue weighted by Gasteiger charge is 2.16. The fourth-order valence-corrected chi connectivity index (χ4v) is 2.26. The summed E-state index contributed by atoms with van der Waals surface area (Å²) in [7, 11) is 1.59. The number of carbonyl (C=O) groups is 1. The molecule has 0 heterocycles. The molecule has 2 aromatic rings. The van der Waals surface area contributed by atoms with Crippen LogP contribution in [0.4, 0.5) is 4.39 Å². The zero-order chi connectivity index (χ0) is 15.4. The lowest BCUT2D eigenvalue weighted by Gasteiger charge is -2.18. The number of benzene rings is 2. The van der Waals surface area contributed by atoms with Crippen molar-refractivity contribution < 1.29 is 13.9 Å². The first-order valence-electron chi connectivity index (χ1n) is 6.73. The van der Waals surface area contributed by atoms with Gasteiger partial charge >= 0.3 is 0 Å². The molecule has 1 N–H and O–H groups in total. The maximum absolute atomic E-state index is 13.1. The number of carbonyl (C=O) groups excluding carboxylic acids is 1. The molecular formula is C17H18FNO2. The van der Waals surface area contributed by atoms with Crippen molar-refractivity contribution >= 4 is 5.91 Å². The second-order valence-corrected chi connectivity index (χ2v) is 4.90. The summed E-state index contributed by atoms with van der Waals surface area (Å²) in [6.07, 6.45) is 0. The Morgan fingerprint density at radius 2 is 1.95 bits per heavy atom. The van der Waals surface area contributed by atoms with E-state index in [1.165, 1.54) is 18.2 Å². The lowest BCUT2D eigenvalue weighted by atomic mass is 10.0. The molecule has 0 saturated heterocycles. The lowest BCUT2D eigenvalue weighted by Crippen LogP contribution is -2.27. The number of methoxy groups -OCH3 is 1. The van der Waals surface area contributed by atoms with Crippen LogP contribution in [0.15, 0.2) is 42.5 Å². The van der Waals surface area contributed by atoms with Crippen molar-refractivity contribution in [3.63, 3.8) is 0 Å². The van der Waals surface area contributed by atoms with Crippen LogP contribution >= 0.6 is 0 Å². The Labute approximate surface area is 123 Å². The van der Waals surface area contributed by atoms with E-state index in [9.17, 15) is 9.18 Å². The first-order chi connectivity index (χ1) is 10.0. The molecule has 0 fully saturated rings. The van der Waals surface area contributed by atoms with Gasteiger partial charge in [-0.05, 0) is 43.7 Å². The van der Waals surface area contributed by atoms with E-state index in [0.717, 1.165) is 11.3 Å². The number of aryl methyl sites for hydroxylation is 1. The van der Waals surface area contributed by atoms with Crippen LogP contribution in [0.5, 0.6) is 5.75 Å². The van der Waals surface area contributed by atoms with E-state index in [1.54, 1.807) is 14.0 Å². The second-order valence-electron chi connectivity index (χ2n) is 4.90. The van der Waals surface area contributed by atoms with Crippen LogP contribution in [0.2, 0.25) is 0 Å². The normalized spacial score (nSPS) is 11.8. The summed E-state index contributed by atoms with van der Waals surface area (Å²) in [6.45, 7) is 3.60. The topological polar surface area (TPSA) is 38.3 Å². The summed E-state index contributed by atoms with van der Waals surface area (Å²) < 4.78 is 18.4. The van der Waals surface area contributed by atoms with Gasteiger partial charge < -0.3 is 10.1 Å². The van der Waals surface area contributed by atoms with Gasteiger partial charge in [0.25, 0.3) is 5.91 Å². The summed E-state index contributed by atoms with van der Waals surface area (Å²) in [6, 6.07) is 11.4. The number of para-hydroxylation sites is 1. The number of hydrogen-bond donors (Lipinski definition) is 1. The summed E-state index contributed by atoms with van der Waals surface area (Å²) in [4.78, 5) is 12.3. The average Bonchev–Trinajstić information content (AvgIpc) is 2.46. The SMILES string of the molecule is COc1ccccc1C(C)NC(=O)c1ccc(F)cc1C. The Kier molecular flexibility index (Phi) is 4.58. The molecule has 0 aliphatic heterocycles. The van der Waals surface area contributed by atoms with Gasteiger partial charge in [0.2, 0.25) is 0 Å². The predicted molar refractivity (Wildman–Crippen MR) is 80.0 cm³/mol. The summed E-state index contributed by atoms with van der Waals surface area (Å²) in [5, 5.41) is 2.91. The highest BCUT2D eigenvalue weighted by molar-refractivity contribution is 5.95. The zero-order valence-corrected chi connectivity index (χ0v) is 12.3. The molecule has 0 aliphatic carbocycles. The van der Waals surface area contributed by atoms with Crippen molar-refractivity contribution in [2.45, 2.75) is 19.9 Å². The van der Waals surface area contributed by atoms with Gasteiger partial charge in [0.15, 0.2) is 0 Å². The van der Waals surface area contributed by atoms with Gasteiger partial charge in [0.05, 0.1) is 13.2 Å². The number of nitrogens with one attached hydrogen (secondary N) is 1. The number of ether oxygens (including phenoxy) is 1. The summed E-state index contributed by atoms with van der Waals surface area (Å²) >= 11 is 0. The van der Waals surface area contributed by atoms with Gasteiger partial charge in [-0.3, -0.25) is 4.79 Å². The molecule has 21 heavy (non-hydrogen) atoms. The van der Waals surface area contributed by atoms with Gasteiger partial charge in [0.1, 0.15) is 11.6 Å². The van der Waals surface area contributed by atoms with Crippen molar-refractivity contribution in [2.24, 2.45) is 0 Å². The first-order valence-corrected chi connectivity index (χ1v) is 6.73. The lowest BCUT2D eigenvalue weighted by molar-refractivity contribution is 0.0939. The third-order valence-corrected chi connectivity index (χ3v) is 3.39. The Hall–Kier alpha value is -2.36. The third kappa shape index (κ3) is 3.40. The van der Waals surface area contributed by atoms with E-state index < -0.39 is 0 Å². The van der Waals surface area contributed by atoms with Crippen LogP contribution in [0.1, 0.15) is 34.5 Å². The molecule has 1 amide bonds. The van der Waals surface area contributed by atoms with Crippen molar-refractivity contribution in [3.8, 4) is 5.75 Å². The van der Waals surface area contributed by atoms with Gasteiger partial charge in [-0.25, -0.2) is 4.39 Å². The molecule has 2 rings (SSSR count). The van der Waals surface area contributed by atoms with Crippen LogP contribution < -0.4 is 10.1 Å². The molecule has 0 aromatic heterocycles. The first kappa shape index (κ1) is 15.0. The molecule has 3 nitrogen and oxygen atoms in total. The predicted octanol–water partition coefficient (Wildman–Crippen LogP) is 3.63. The molecule has 1 atom stereocenters. The van der Waals surface area contributed by atoms with Crippen molar-refractivity contribution in [3.05, 3.63) is 65.0 Å². The minimum atomic E-state index is -0.346. The molecule has 0 saturated carbocycles. The van der Waals surface area contributed by atoms with E-state index in [1.807, 2.05) is 31.2 Å². The third-order valence-electron chi connectivity index (χ3n) is 3.39. The smallest absolute Gasteiger partial charge is 0.252 e. The number of rotatable bonds is 4. The number of halogens is 1. The largest absolute Gasteiger partial charge is 0.496 e. The minimum absolute atomic E-state index is 0.210. The van der Waals surface area contributed by atoms with E-state index in [2.05, 4.69) is 5.32 Å². The van der Waals surface area contributed by atoms with Gasteiger partial charge in [-0.1, -0.05) is 18.2 Å². The van der Waals surface area contributed by atoms with Crippen molar-refractivity contribution in [1.82, 2.24) is 5.32 Å². The van der Waals surface area contributed by atoms with E-state index >= 15 is 0 Å². The quantitative estimate of drug-likeness (QED) is 0.932. The zero-order valence-electron chi connectivity index (χ0n) is 12.3. The maximum atomic E-state index is 13.1. The number of hydrogen-bond acceptors (Lipinski definition) is 2.